The molecule has 0 atom stereocenters. The average molecular weight is 212 g/mol. The van der Waals surface area contributed by atoms with E-state index in [4.69, 9.17) is 4.99 Å². The third-order valence-electron chi connectivity index (χ3n) is 3.06. The Morgan fingerprint density at radius 3 is 2.71 bits per heavy atom. The second kappa shape index (κ2) is 3.76. The van der Waals surface area contributed by atoms with Gasteiger partial charge in [-0.2, -0.15) is 0 Å². The fourth-order valence-corrected chi connectivity index (χ4v) is 3.37. The standard InChI is InChI=1S/C11H20N2S/c1-8-6-9(7-8)12-10-13-11(2,3)4-5-14-10/h8-9H,4-7H2,1-3H3,(H,12,13). The Morgan fingerprint density at radius 2 is 2.14 bits per heavy atom. The molecule has 2 fully saturated rings. The summed E-state index contributed by atoms with van der Waals surface area (Å²) in [6.07, 6.45) is 3.80. The van der Waals surface area contributed by atoms with Gasteiger partial charge in [0.1, 0.15) is 0 Å². The summed E-state index contributed by atoms with van der Waals surface area (Å²) >= 11 is 1.88. The molecule has 0 spiro atoms. The van der Waals surface area contributed by atoms with Crippen molar-refractivity contribution in [2.75, 3.05) is 5.75 Å². The number of rotatable bonds is 1. The molecule has 0 radical (unpaired) electrons. The van der Waals surface area contributed by atoms with Crippen LogP contribution in [0.4, 0.5) is 0 Å². The lowest BCUT2D eigenvalue weighted by atomic mass is 9.82. The second-order valence-electron chi connectivity index (χ2n) is 5.27. The van der Waals surface area contributed by atoms with Gasteiger partial charge in [0.2, 0.25) is 0 Å². The summed E-state index contributed by atoms with van der Waals surface area (Å²) in [5.74, 6) is 2.10. The van der Waals surface area contributed by atoms with E-state index in [2.05, 4.69) is 26.1 Å². The molecule has 1 N–H and O–H groups in total. The molecule has 1 saturated carbocycles. The predicted octanol–water partition coefficient (Wildman–Crippen LogP) is 2.65. The minimum Gasteiger partial charge on any atom is -0.360 e. The first-order valence-corrected chi connectivity index (χ1v) is 6.52. The van der Waals surface area contributed by atoms with Gasteiger partial charge in [-0.25, -0.2) is 0 Å². The van der Waals surface area contributed by atoms with Gasteiger partial charge >= 0.3 is 0 Å². The van der Waals surface area contributed by atoms with Gasteiger partial charge in [-0.15, -0.1) is 0 Å². The number of thioether (sulfide) groups is 1. The molecule has 1 saturated heterocycles. The lowest BCUT2D eigenvalue weighted by molar-refractivity contribution is 0.291. The summed E-state index contributed by atoms with van der Waals surface area (Å²) in [6.45, 7) is 6.82. The second-order valence-corrected chi connectivity index (χ2v) is 6.36. The van der Waals surface area contributed by atoms with Crippen LogP contribution in [-0.4, -0.2) is 22.5 Å². The van der Waals surface area contributed by atoms with Crippen LogP contribution in [-0.2, 0) is 0 Å². The molecule has 0 bridgehead atoms. The van der Waals surface area contributed by atoms with E-state index in [1.54, 1.807) is 0 Å². The molecule has 3 heteroatoms. The number of nitrogens with one attached hydrogen (secondary N) is 1. The molecule has 80 valence electrons. The molecule has 1 aliphatic carbocycles. The quantitative estimate of drug-likeness (QED) is 0.722. The third kappa shape index (κ3) is 2.44. The minimum absolute atomic E-state index is 0.249. The van der Waals surface area contributed by atoms with Crippen molar-refractivity contribution in [3.05, 3.63) is 0 Å². The third-order valence-corrected chi connectivity index (χ3v) is 3.95. The van der Waals surface area contributed by atoms with Gasteiger partial charge in [-0.05, 0) is 39.0 Å². The monoisotopic (exact) mass is 212 g/mol. The van der Waals surface area contributed by atoms with Crippen molar-refractivity contribution in [3.63, 3.8) is 0 Å². The molecule has 1 heterocycles. The zero-order valence-corrected chi connectivity index (χ0v) is 10.2. The zero-order chi connectivity index (χ0) is 10.2. The normalized spacial score (nSPS) is 38.9. The fourth-order valence-electron chi connectivity index (χ4n) is 1.99. The maximum absolute atomic E-state index is 4.76. The lowest BCUT2D eigenvalue weighted by Crippen LogP contribution is -2.46. The van der Waals surface area contributed by atoms with Crippen LogP contribution in [0, 0.1) is 5.92 Å². The van der Waals surface area contributed by atoms with E-state index in [1.807, 2.05) is 11.8 Å². The Bertz CT molecular complexity index is 242. The van der Waals surface area contributed by atoms with Gasteiger partial charge in [-0.3, -0.25) is 4.99 Å². The average Bonchev–Trinajstić information content (AvgIpc) is 1.99. The van der Waals surface area contributed by atoms with Gasteiger partial charge in [0.05, 0.1) is 6.04 Å². The Labute approximate surface area is 90.9 Å². The Hall–Kier alpha value is -0.180. The SMILES string of the molecule is CC1CC(N=C2NC(C)(C)CCS2)C1. The minimum atomic E-state index is 0.249. The predicted molar refractivity (Wildman–Crippen MR) is 63.9 cm³/mol. The van der Waals surface area contributed by atoms with Crippen molar-refractivity contribution >= 4 is 16.9 Å². The number of nitrogens with zero attached hydrogens (tertiary/aromatic N) is 1. The summed E-state index contributed by atoms with van der Waals surface area (Å²) < 4.78 is 0. The molecule has 1 aliphatic heterocycles. The van der Waals surface area contributed by atoms with Crippen molar-refractivity contribution in [3.8, 4) is 0 Å². The van der Waals surface area contributed by atoms with Crippen molar-refractivity contribution in [2.24, 2.45) is 10.9 Å². The molecule has 0 aromatic heterocycles. The molecule has 14 heavy (non-hydrogen) atoms. The summed E-state index contributed by atoms with van der Waals surface area (Å²) in [4.78, 5) is 4.76. The first kappa shape index (κ1) is 10.3. The summed E-state index contributed by atoms with van der Waals surface area (Å²) in [7, 11) is 0. The molecule has 0 unspecified atom stereocenters. The highest BCUT2D eigenvalue weighted by Gasteiger charge is 2.28. The highest BCUT2D eigenvalue weighted by atomic mass is 32.2. The van der Waals surface area contributed by atoms with Crippen LogP contribution in [0.15, 0.2) is 4.99 Å². The van der Waals surface area contributed by atoms with E-state index in [9.17, 15) is 0 Å². The number of hydrogen-bond acceptors (Lipinski definition) is 2. The van der Waals surface area contributed by atoms with Crippen LogP contribution in [0.1, 0.15) is 40.0 Å². The first-order valence-electron chi connectivity index (χ1n) is 5.54. The van der Waals surface area contributed by atoms with Gasteiger partial charge in [0.15, 0.2) is 5.17 Å². The van der Waals surface area contributed by atoms with Gasteiger partial charge < -0.3 is 5.32 Å². The van der Waals surface area contributed by atoms with Crippen LogP contribution < -0.4 is 5.32 Å². The lowest BCUT2D eigenvalue weighted by Gasteiger charge is -2.35. The smallest absolute Gasteiger partial charge is 0.157 e. The Morgan fingerprint density at radius 1 is 1.43 bits per heavy atom. The van der Waals surface area contributed by atoms with Crippen LogP contribution in [0.2, 0.25) is 0 Å². The van der Waals surface area contributed by atoms with E-state index >= 15 is 0 Å². The molecule has 0 amide bonds. The molecular weight excluding hydrogens is 192 g/mol. The highest BCUT2D eigenvalue weighted by Crippen LogP contribution is 2.31. The van der Waals surface area contributed by atoms with E-state index in [0.29, 0.717) is 6.04 Å². The zero-order valence-electron chi connectivity index (χ0n) is 9.34. The molecule has 0 aromatic carbocycles. The maximum Gasteiger partial charge on any atom is 0.157 e. The Kier molecular flexibility index (Phi) is 2.78. The number of amidine groups is 1. The fraction of sp³-hybridized carbons (Fsp3) is 0.909. The topological polar surface area (TPSA) is 24.4 Å². The van der Waals surface area contributed by atoms with Gasteiger partial charge in [0, 0.05) is 11.3 Å². The maximum atomic E-state index is 4.76. The van der Waals surface area contributed by atoms with Gasteiger partial charge in [0.25, 0.3) is 0 Å². The van der Waals surface area contributed by atoms with Crippen LogP contribution in [0.25, 0.3) is 0 Å². The molecular formula is C11H20N2S. The van der Waals surface area contributed by atoms with Crippen molar-refractivity contribution in [2.45, 2.75) is 51.6 Å². The van der Waals surface area contributed by atoms with Crippen LogP contribution in [0.3, 0.4) is 0 Å². The number of hydrogen-bond donors (Lipinski definition) is 1. The van der Waals surface area contributed by atoms with E-state index < -0.39 is 0 Å². The van der Waals surface area contributed by atoms with E-state index in [-0.39, 0.29) is 5.54 Å². The van der Waals surface area contributed by atoms with Crippen molar-refractivity contribution in [1.82, 2.24) is 5.32 Å². The molecule has 2 rings (SSSR count). The number of aliphatic imine (C=N–C) groups is 1. The summed E-state index contributed by atoms with van der Waals surface area (Å²) in [5, 5.41) is 4.70. The van der Waals surface area contributed by atoms with Crippen LogP contribution in [0.5, 0.6) is 0 Å². The van der Waals surface area contributed by atoms with Crippen molar-refractivity contribution < 1.29 is 0 Å². The van der Waals surface area contributed by atoms with E-state index in [0.717, 1.165) is 5.92 Å². The first-order chi connectivity index (χ1) is 6.55. The van der Waals surface area contributed by atoms with Crippen LogP contribution >= 0.6 is 11.8 Å². The molecule has 2 nitrogen and oxygen atoms in total. The molecule has 0 aromatic rings. The van der Waals surface area contributed by atoms with Gasteiger partial charge in [-0.1, -0.05) is 18.7 Å². The van der Waals surface area contributed by atoms with E-state index in [1.165, 1.54) is 30.2 Å². The van der Waals surface area contributed by atoms with Crippen molar-refractivity contribution in [1.29, 1.82) is 0 Å². The highest BCUT2D eigenvalue weighted by molar-refractivity contribution is 8.13. The largest absolute Gasteiger partial charge is 0.360 e. The summed E-state index contributed by atoms with van der Waals surface area (Å²) in [5.41, 5.74) is 0.249. The Balaban J connectivity index is 1.91. The summed E-state index contributed by atoms with van der Waals surface area (Å²) in [6, 6.07) is 0.605. The molecule has 2 aliphatic rings.